The zero-order valence-corrected chi connectivity index (χ0v) is 13.1. The second-order valence-electron chi connectivity index (χ2n) is 5.32. The van der Waals surface area contributed by atoms with E-state index in [0.717, 1.165) is 5.56 Å². The number of halogens is 1. The molecule has 6 heteroatoms. The maximum absolute atomic E-state index is 12.9. The van der Waals surface area contributed by atoms with Crippen molar-refractivity contribution in [2.45, 2.75) is 20.3 Å². The van der Waals surface area contributed by atoms with Crippen LogP contribution >= 0.6 is 0 Å². The predicted octanol–water partition coefficient (Wildman–Crippen LogP) is 2.48. The maximum atomic E-state index is 12.9. The van der Waals surface area contributed by atoms with Crippen molar-refractivity contribution in [2.24, 2.45) is 0 Å². The van der Waals surface area contributed by atoms with Crippen LogP contribution in [0.25, 0.3) is 0 Å². The first-order chi connectivity index (χ1) is 10.4. The number of hydrogen-bond donors (Lipinski definition) is 1. The lowest BCUT2D eigenvalue weighted by Gasteiger charge is -2.15. The van der Waals surface area contributed by atoms with Gasteiger partial charge in [-0.05, 0) is 31.5 Å². The molecule has 1 amide bonds. The topological polar surface area (TPSA) is 58.1 Å². The molecule has 0 aliphatic heterocycles. The Bertz CT molecular complexity index is 660. The summed E-state index contributed by atoms with van der Waals surface area (Å²) in [6.07, 6.45) is 0.175. The van der Waals surface area contributed by atoms with Crippen molar-refractivity contribution in [3.8, 4) is 0 Å². The minimum Gasteiger partial charge on any atom is -0.347 e. The van der Waals surface area contributed by atoms with E-state index in [2.05, 4.69) is 15.3 Å². The Morgan fingerprint density at radius 1 is 1.14 bits per heavy atom. The standard InChI is InChI=1S/C16H19FN4O/c1-10-15(11(2)19-16(18-10)21(3)4)20-14(22)9-12-5-7-13(17)8-6-12/h5-8H,9H2,1-4H3,(H,20,22). The molecule has 1 aromatic heterocycles. The van der Waals surface area contributed by atoms with Crippen molar-refractivity contribution in [1.82, 2.24) is 9.97 Å². The van der Waals surface area contributed by atoms with Crippen molar-refractivity contribution in [3.05, 3.63) is 47.0 Å². The highest BCUT2D eigenvalue weighted by atomic mass is 19.1. The highest BCUT2D eigenvalue weighted by molar-refractivity contribution is 5.93. The fourth-order valence-electron chi connectivity index (χ4n) is 2.05. The third-order valence-corrected chi connectivity index (χ3v) is 3.20. The molecule has 0 fully saturated rings. The number of benzene rings is 1. The van der Waals surface area contributed by atoms with Gasteiger partial charge in [0.2, 0.25) is 11.9 Å². The van der Waals surface area contributed by atoms with Crippen LogP contribution in [0.15, 0.2) is 24.3 Å². The lowest BCUT2D eigenvalue weighted by molar-refractivity contribution is -0.115. The number of rotatable bonds is 4. The third kappa shape index (κ3) is 3.78. The molecule has 1 heterocycles. The van der Waals surface area contributed by atoms with Gasteiger partial charge in [0.15, 0.2) is 0 Å². The number of carbonyl (C=O) groups is 1. The van der Waals surface area contributed by atoms with Gasteiger partial charge in [-0.2, -0.15) is 0 Å². The molecule has 0 atom stereocenters. The van der Waals surface area contributed by atoms with E-state index in [4.69, 9.17) is 0 Å². The lowest BCUT2D eigenvalue weighted by atomic mass is 10.1. The molecule has 0 unspecified atom stereocenters. The van der Waals surface area contributed by atoms with Gasteiger partial charge in [-0.3, -0.25) is 4.79 Å². The van der Waals surface area contributed by atoms with E-state index in [9.17, 15) is 9.18 Å². The minimum absolute atomic E-state index is 0.175. The van der Waals surface area contributed by atoms with Crippen LogP contribution in [0.5, 0.6) is 0 Å². The molecule has 0 spiro atoms. The summed E-state index contributed by atoms with van der Waals surface area (Å²) < 4.78 is 12.9. The number of nitrogens with zero attached hydrogens (tertiary/aromatic N) is 3. The third-order valence-electron chi connectivity index (χ3n) is 3.20. The van der Waals surface area contributed by atoms with Gasteiger partial charge in [-0.15, -0.1) is 0 Å². The quantitative estimate of drug-likeness (QED) is 0.942. The van der Waals surface area contributed by atoms with Crippen LogP contribution in [-0.2, 0) is 11.2 Å². The van der Waals surface area contributed by atoms with E-state index in [0.29, 0.717) is 23.0 Å². The molecular formula is C16H19FN4O. The normalized spacial score (nSPS) is 10.4. The zero-order chi connectivity index (χ0) is 16.3. The maximum Gasteiger partial charge on any atom is 0.228 e. The Hall–Kier alpha value is -2.50. The van der Waals surface area contributed by atoms with Gasteiger partial charge < -0.3 is 10.2 Å². The summed E-state index contributed by atoms with van der Waals surface area (Å²) in [5.41, 5.74) is 2.80. The number of hydrogen-bond acceptors (Lipinski definition) is 4. The summed E-state index contributed by atoms with van der Waals surface area (Å²) in [6.45, 7) is 3.66. The molecule has 1 aromatic carbocycles. The number of anilines is 2. The minimum atomic E-state index is -0.316. The monoisotopic (exact) mass is 302 g/mol. The summed E-state index contributed by atoms with van der Waals surface area (Å²) in [6, 6.07) is 5.88. The van der Waals surface area contributed by atoms with Gasteiger partial charge in [0.1, 0.15) is 5.82 Å². The van der Waals surface area contributed by atoms with Gasteiger partial charge >= 0.3 is 0 Å². The Labute approximate surface area is 129 Å². The fourth-order valence-corrected chi connectivity index (χ4v) is 2.05. The van der Waals surface area contributed by atoms with E-state index >= 15 is 0 Å². The summed E-state index contributed by atoms with van der Waals surface area (Å²) in [7, 11) is 3.72. The van der Waals surface area contributed by atoms with E-state index in [1.54, 1.807) is 12.1 Å². The average molecular weight is 302 g/mol. The Morgan fingerprint density at radius 2 is 1.68 bits per heavy atom. The molecule has 2 aromatic rings. The van der Waals surface area contributed by atoms with Crippen molar-refractivity contribution in [3.63, 3.8) is 0 Å². The first kappa shape index (κ1) is 15.9. The van der Waals surface area contributed by atoms with Gasteiger partial charge in [0.05, 0.1) is 23.5 Å². The van der Waals surface area contributed by atoms with Crippen molar-refractivity contribution in [2.75, 3.05) is 24.3 Å². The number of carbonyl (C=O) groups excluding carboxylic acids is 1. The van der Waals surface area contributed by atoms with E-state index < -0.39 is 0 Å². The predicted molar refractivity (Wildman–Crippen MR) is 84.6 cm³/mol. The first-order valence-corrected chi connectivity index (χ1v) is 6.93. The van der Waals surface area contributed by atoms with Crippen LogP contribution in [0, 0.1) is 19.7 Å². The molecular weight excluding hydrogens is 283 g/mol. The van der Waals surface area contributed by atoms with Gasteiger partial charge in [0, 0.05) is 14.1 Å². The fraction of sp³-hybridized carbons (Fsp3) is 0.312. The smallest absolute Gasteiger partial charge is 0.228 e. The molecule has 2 rings (SSSR count). The number of aromatic nitrogens is 2. The van der Waals surface area contributed by atoms with E-state index in [-0.39, 0.29) is 18.1 Å². The van der Waals surface area contributed by atoms with Crippen LogP contribution in [0.2, 0.25) is 0 Å². The Morgan fingerprint density at radius 3 is 2.18 bits per heavy atom. The van der Waals surface area contributed by atoms with Crippen LogP contribution < -0.4 is 10.2 Å². The second kappa shape index (κ2) is 6.51. The second-order valence-corrected chi connectivity index (χ2v) is 5.32. The van der Waals surface area contributed by atoms with Crippen LogP contribution in [0.3, 0.4) is 0 Å². The molecule has 0 bridgehead atoms. The summed E-state index contributed by atoms with van der Waals surface area (Å²) >= 11 is 0. The number of aryl methyl sites for hydroxylation is 2. The van der Waals surface area contributed by atoms with Crippen molar-refractivity contribution >= 4 is 17.5 Å². The van der Waals surface area contributed by atoms with Crippen LogP contribution in [-0.4, -0.2) is 30.0 Å². The van der Waals surface area contributed by atoms with Gasteiger partial charge in [0.25, 0.3) is 0 Å². The molecule has 1 N–H and O–H groups in total. The van der Waals surface area contributed by atoms with Gasteiger partial charge in [-0.25, -0.2) is 14.4 Å². The molecule has 0 radical (unpaired) electrons. The van der Waals surface area contributed by atoms with Crippen LogP contribution in [0.1, 0.15) is 17.0 Å². The SMILES string of the molecule is Cc1nc(N(C)C)nc(C)c1NC(=O)Cc1ccc(F)cc1. The summed E-state index contributed by atoms with van der Waals surface area (Å²) in [5, 5.41) is 2.83. The average Bonchev–Trinajstić information content (AvgIpc) is 2.45. The summed E-state index contributed by atoms with van der Waals surface area (Å²) in [4.78, 5) is 22.6. The lowest BCUT2D eigenvalue weighted by Crippen LogP contribution is -2.19. The first-order valence-electron chi connectivity index (χ1n) is 6.93. The molecule has 0 saturated carbocycles. The van der Waals surface area contributed by atoms with Crippen LogP contribution in [0.4, 0.5) is 16.0 Å². The molecule has 5 nitrogen and oxygen atoms in total. The Balaban J connectivity index is 2.13. The highest BCUT2D eigenvalue weighted by Crippen LogP contribution is 2.19. The van der Waals surface area contributed by atoms with Crippen molar-refractivity contribution in [1.29, 1.82) is 0 Å². The highest BCUT2D eigenvalue weighted by Gasteiger charge is 2.13. The molecule has 0 aliphatic rings. The van der Waals surface area contributed by atoms with E-state index in [1.165, 1.54) is 12.1 Å². The molecule has 0 saturated heterocycles. The molecule has 0 aliphatic carbocycles. The molecule has 22 heavy (non-hydrogen) atoms. The van der Waals surface area contributed by atoms with Gasteiger partial charge in [-0.1, -0.05) is 12.1 Å². The van der Waals surface area contributed by atoms with Crippen molar-refractivity contribution < 1.29 is 9.18 Å². The number of nitrogens with one attached hydrogen (secondary N) is 1. The zero-order valence-electron chi connectivity index (χ0n) is 13.1. The Kier molecular flexibility index (Phi) is 4.70. The summed E-state index contributed by atoms with van der Waals surface area (Å²) in [5.74, 6) is 0.106. The number of amides is 1. The largest absolute Gasteiger partial charge is 0.347 e. The molecule has 116 valence electrons. The van der Waals surface area contributed by atoms with E-state index in [1.807, 2.05) is 32.8 Å².